The molecule has 0 fully saturated rings. The molecule has 1 N–H and O–H groups in total. The molecule has 0 bridgehead atoms. The average Bonchev–Trinajstić information content (AvgIpc) is 2.52. The van der Waals surface area contributed by atoms with Gasteiger partial charge in [0, 0.05) is 11.6 Å². The maximum atomic E-state index is 12.6. The number of carbonyl (C=O) groups is 1. The second-order valence-electron chi connectivity index (χ2n) is 5.43. The number of aromatic nitrogens is 1. The lowest BCUT2D eigenvalue weighted by atomic mass is 10.0. The highest BCUT2D eigenvalue weighted by Crippen LogP contribution is 2.33. The van der Waals surface area contributed by atoms with E-state index in [2.05, 4.69) is 10.3 Å². The van der Waals surface area contributed by atoms with Crippen LogP contribution < -0.4 is 5.32 Å². The molecule has 2 aromatic carbocycles. The van der Waals surface area contributed by atoms with E-state index in [1.54, 1.807) is 30.5 Å². The molecule has 0 spiro atoms. The van der Waals surface area contributed by atoms with Gasteiger partial charge in [0.25, 0.3) is 5.91 Å². The van der Waals surface area contributed by atoms with E-state index >= 15 is 0 Å². The molecule has 1 heterocycles. The predicted molar refractivity (Wildman–Crippen MR) is 101 cm³/mol. The number of anilines is 1. The second kappa shape index (κ2) is 6.60. The zero-order valence-corrected chi connectivity index (χ0v) is 15.2. The van der Waals surface area contributed by atoms with E-state index in [1.165, 1.54) is 0 Å². The minimum atomic E-state index is -0.392. The van der Waals surface area contributed by atoms with Crippen LogP contribution in [0.25, 0.3) is 10.9 Å². The van der Waals surface area contributed by atoms with Crippen molar-refractivity contribution in [3.63, 3.8) is 0 Å². The Hall–Kier alpha value is -1.81. The summed E-state index contributed by atoms with van der Waals surface area (Å²) in [5, 5.41) is 4.84. The summed E-state index contributed by atoms with van der Waals surface area (Å²) in [6, 6.07) is 8.52. The maximum Gasteiger partial charge on any atom is 0.258 e. The number of pyridine rings is 1. The fraction of sp³-hybridized carbons (Fsp3) is 0.111. The Balaban J connectivity index is 2.13. The van der Waals surface area contributed by atoms with E-state index in [9.17, 15) is 4.79 Å². The van der Waals surface area contributed by atoms with Gasteiger partial charge in [-0.15, -0.1) is 0 Å². The minimum Gasteiger partial charge on any atom is -0.320 e. The van der Waals surface area contributed by atoms with Crippen LogP contribution in [0.5, 0.6) is 0 Å². The van der Waals surface area contributed by atoms with Crippen LogP contribution in [-0.2, 0) is 0 Å². The summed E-state index contributed by atoms with van der Waals surface area (Å²) in [7, 11) is 0. The third kappa shape index (κ3) is 2.95. The second-order valence-corrected chi connectivity index (χ2v) is 6.65. The highest BCUT2D eigenvalue weighted by Gasteiger charge is 2.18. The molecule has 0 saturated heterocycles. The van der Waals surface area contributed by atoms with Gasteiger partial charge in [0.05, 0.1) is 31.8 Å². The Kier molecular flexibility index (Phi) is 4.68. The molecule has 0 saturated carbocycles. The molecule has 3 rings (SSSR count). The number of fused-ring (bicyclic) bond motifs is 1. The summed E-state index contributed by atoms with van der Waals surface area (Å²) in [5.41, 5.74) is 3.45. The number of hydrogen-bond donors (Lipinski definition) is 1. The highest BCUT2D eigenvalue weighted by atomic mass is 35.5. The molecule has 0 aliphatic heterocycles. The van der Waals surface area contributed by atoms with E-state index in [4.69, 9.17) is 34.8 Å². The maximum absolute atomic E-state index is 12.6. The van der Waals surface area contributed by atoms with Crippen molar-refractivity contribution >= 4 is 57.3 Å². The molecule has 0 unspecified atom stereocenters. The molecule has 1 amide bonds. The number of amides is 1. The topological polar surface area (TPSA) is 42.0 Å². The number of nitrogens with zero attached hydrogens (tertiary/aromatic N) is 1. The first kappa shape index (κ1) is 17.0. The summed E-state index contributed by atoms with van der Waals surface area (Å²) in [5.74, 6) is -0.392. The minimum absolute atomic E-state index is 0.231. The smallest absolute Gasteiger partial charge is 0.258 e. The van der Waals surface area contributed by atoms with Gasteiger partial charge in [-0.25, -0.2) is 0 Å². The molecule has 6 heteroatoms. The van der Waals surface area contributed by atoms with Crippen LogP contribution in [0.4, 0.5) is 5.69 Å². The Morgan fingerprint density at radius 3 is 2.38 bits per heavy atom. The first-order chi connectivity index (χ1) is 11.4. The largest absolute Gasteiger partial charge is 0.320 e. The number of hydrogen-bond acceptors (Lipinski definition) is 2. The van der Waals surface area contributed by atoms with E-state index < -0.39 is 5.91 Å². The lowest BCUT2D eigenvalue weighted by molar-refractivity contribution is 0.102. The van der Waals surface area contributed by atoms with Crippen molar-refractivity contribution in [3.05, 3.63) is 68.3 Å². The Bertz CT molecular complexity index is 950. The van der Waals surface area contributed by atoms with Crippen molar-refractivity contribution in [2.75, 3.05) is 5.32 Å². The SMILES string of the molecule is Cc1cc(NC(=O)c2c(Cl)cccc2Cl)c2nccc(Cl)c2c1C. The Morgan fingerprint density at radius 2 is 1.71 bits per heavy atom. The molecule has 0 radical (unpaired) electrons. The van der Waals surface area contributed by atoms with E-state index in [0.717, 1.165) is 16.5 Å². The first-order valence-corrected chi connectivity index (χ1v) is 8.33. The zero-order chi connectivity index (χ0) is 17.4. The fourth-order valence-corrected chi connectivity index (χ4v) is 3.44. The third-order valence-electron chi connectivity index (χ3n) is 3.92. The van der Waals surface area contributed by atoms with Crippen LogP contribution in [0.1, 0.15) is 21.5 Å². The Morgan fingerprint density at radius 1 is 1.04 bits per heavy atom. The predicted octanol–water partition coefficient (Wildman–Crippen LogP) is 6.06. The molecule has 0 aliphatic rings. The summed E-state index contributed by atoms with van der Waals surface area (Å²) in [4.78, 5) is 17.0. The molecule has 3 aromatic rings. The molecule has 24 heavy (non-hydrogen) atoms. The first-order valence-electron chi connectivity index (χ1n) is 7.20. The molecular weight excluding hydrogens is 367 g/mol. The van der Waals surface area contributed by atoms with Gasteiger partial charge in [-0.3, -0.25) is 9.78 Å². The summed E-state index contributed by atoms with van der Waals surface area (Å²) in [6.45, 7) is 3.93. The van der Waals surface area contributed by atoms with Crippen LogP contribution >= 0.6 is 34.8 Å². The van der Waals surface area contributed by atoms with Crippen molar-refractivity contribution < 1.29 is 4.79 Å². The van der Waals surface area contributed by atoms with Crippen molar-refractivity contribution in [2.24, 2.45) is 0 Å². The summed E-state index contributed by atoms with van der Waals surface area (Å²) >= 11 is 18.5. The number of rotatable bonds is 2. The number of benzene rings is 2. The molecule has 0 atom stereocenters. The normalized spacial score (nSPS) is 10.9. The van der Waals surface area contributed by atoms with Crippen LogP contribution in [0.2, 0.25) is 15.1 Å². The van der Waals surface area contributed by atoms with Crippen molar-refractivity contribution in [1.29, 1.82) is 0 Å². The lowest BCUT2D eigenvalue weighted by Gasteiger charge is -2.14. The van der Waals surface area contributed by atoms with E-state index in [1.807, 2.05) is 19.9 Å². The van der Waals surface area contributed by atoms with Gasteiger partial charge < -0.3 is 5.32 Å². The van der Waals surface area contributed by atoms with Gasteiger partial charge in [0.1, 0.15) is 0 Å². The van der Waals surface area contributed by atoms with E-state index in [-0.39, 0.29) is 5.56 Å². The van der Waals surface area contributed by atoms with Crippen LogP contribution in [-0.4, -0.2) is 10.9 Å². The number of halogens is 3. The number of carbonyl (C=O) groups excluding carboxylic acids is 1. The van der Waals surface area contributed by atoms with Gasteiger partial charge in [-0.05, 0) is 49.2 Å². The van der Waals surface area contributed by atoms with Crippen molar-refractivity contribution in [3.8, 4) is 0 Å². The molecule has 1 aromatic heterocycles. The van der Waals surface area contributed by atoms with Gasteiger partial charge in [0.2, 0.25) is 0 Å². The molecule has 0 aliphatic carbocycles. The van der Waals surface area contributed by atoms with Gasteiger partial charge >= 0.3 is 0 Å². The average molecular weight is 380 g/mol. The quantitative estimate of drug-likeness (QED) is 0.587. The van der Waals surface area contributed by atoms with Gasteiger partial charge in [-0.2, -0.15) is 0 Å². The third-order valence-corrected chi connectivity index (χ3v) is 4.87. The van der Waals surface area contributed by atoms with Crippen LogP contribution in [0, 0.1) is 13.8 Å². The molecule has 122 valence electrons. The Labute approximate surface area is 154 Å². The number of aryl methyl sites for hydroxylation is 2. The molecule has 3 nitrogen and oxygen atoms in total. The zero-order valence-electron chi connectivity index (χ0n) is 13.0. The standard InChI is InChI=1S/C18H13Cl3N2O/c1-9-8-14(17-15(10(9)2)13(21)6-7-22-17)23-18(24)16-11(19)4-3-5-12(16)20/h3-8H,1-2H3,(H,23,24). The molecular formula is C18H13Cl3N2O. The monoisotopic (exact) mass is 378 g/mol. The van der Waals surface area contributed by atoms with Gasteiger partial charge in [0.15, 0.2) is 0 Å². The van der Waals surface area contributed by atoms with Gasteiger partial charge in [-0.1, -0.05) is 40.9 Å². The van der Waals surface area contributed by atoms with Crippen LogP contribution in [0.3, 0.4) is 0 Å². The van der Waals surface area contributed by atoms with E-state index in [0.29, 0.717) is 26.3 Å². The summed E-state index contributed by atoms with van der Waals surface area (Å²) in [6.07, 6.45) is 1.61. The van der Waals surface area contributed by atoms with Crippen LogP contribution in [0.15, 0.2) is 36.5 Å². The van der Waals surface area contributed by atoms with Crippen molar-refractivity contribution in [2.45, 2.75) is 13.8 Å². The fourth-order valence-electron chi connectivity index (χ4n) is 2.58. The lowest BCUT2D eigenvalue weighted by Crippen LogP contribution is -2.14. The van der Waals surface area contributed by atoms with Crippen molar-refractivity contribution in [1.82, 2.24) is 4.98 Å². The summed E-state index contributed by atoms with van der Waals surface area (Å²) < 4.78 is 0. The number of nitrogens with one attached hydrogen (secondary N) is 1. The highest BCUT2D eigenvalue weighted by molar-refractivity contribution is 6.40.